The monoisotopic (exact) mass is 202 g/mol. The SMILES string of the molecule is Cc1nc(Br)c(C(C)C)[nH]1. The first-order valence-corrected chi connectivity index (χ1v) is 4.12. The molecule has 56 valence electrons. The molecule has 0 aliphatic carbocycles. The third kappa shape index (κ3) is 1.40. The molecule has 0 aliphatic heterocycles. The van der Waals surface area contributed by atoms with Gasteiger partial charge in [-0.3, -0.25) is 0 Å². The lowest BCUT2D eigenvalue weighted by Crippen LogP contribution is -1.87. The third-order valence-electron chi connectivity index (χ3n) is 1.38. The lowest BCUT2D eigenvalue weighted by Gasteiger charge is -1.99. The molecule has 1 heterocycles. The summed E-state index contributed by atoms with van der Waals surface area (Å²) in [6.07, 6.45) is 0. The zero-order valence-electron chi connectivity index (χ0n) is 6.40. The highest BCUT2D eigenvalue weighted by Crippen LogP contribution is 2.21. The zero-order valence-corrected chi connectivity index (χ0v) is 7.99. The van der Waals surface area contributed by atoms with Crippen molar-refractivity contribution in [1.82, 2.24) is 9.97 Å². The van der Waals surface area contributed by atoms with E-state index in [0.29, 0.717) is 5.92 Å². The van der Waals surface area contributed by atoms with Gasteiger partial charge in [-0.05, 0) is 28.8 Å². The van der Waals surface area contributed by atoms with Crippen LogP contribution in [-0.4, -0.2) is 9.97 Å². The van der Waals surface area contributed by atoms with Crippen LogP contribution in [0.4, 0.5) is 0 Å². The van der Waals surface area contributed by atoms with Gasteiger partial charge < -0.3 is 4.98 Å². The minimum atomic E-state index is 0.510. The van der Waals surface area contributed by atoms with Gasteiger partial charge in [0, 0.05) is 0 Å². The number of aromatic amines is 1. The Morgan fingerprint density at radius 3 is 2.30 bits per heavy atom. The largest absolute Gasteiger partial charge is 0.345 e. The summed E-state index contributed by atoms with van der Waals surface area (Å²) in [5, 5.41) is 0. The fourth-order valence-corrected chi connectivity index (χ4v) is 1.69. The number of nitrogens with one attached hydrogen (secondary N) is 1. The number of aromatic nitrogens is 2. The number of nitrogens with zero attached hydrogens (tertiary/aromatic N) is 1. The van der Waals surface area contributed by atoms with Crippen molar-refractivity contribution in [3.05, 3.63) is 16.1 Å². The van der Waals surface area contributed by atoms with Crippen molar-refractivity contribution < 1.29 is 0 Å². The Kier molecular flexibility index (Phi) is 2.14. The van der Waals surface area contributed by atoms with Gasteiger partial charge in [-0.25, -0.2) is 4.98 Å². The van der Waals surface area contributed by atoms with Crippen LogP contribution in [0.3, 0.4) is 0 Å². The highest BCUT2D eigenvalue weighted by Gasteiger charge is 2.07. The summed E-state index contributed by atoms with van der Waals surface area (Å²) in [5.74, 6) is 1.48. The molecule has 2 nitrogen and oxygen atoms in total. The molecule has 1 aromatic heterocycles. The number of imidazole rings is 1. The molecule has 3 heteroatoms. The maximum Gasteiger partial charge on any atom is 0.127 e. The lowest BCUT2D eigenvalue weighted by atomic mass is 10.2. The average Bonchev–Trinajstić information content (AvgIpc) is 2.10. The maximum atomic E-state index is 4.19. The van der Waals surface area contributed by atoms with Crippen molar-refractivity contribution in [2.45, 2.75) is 26.7 Å². The molecule has 1 aromatic rings. The van der Waals surface area contributed by atoms with E-state index in [9.17, 15) is 0 Å². The van der Waals surface area contributed by atoms with Gasteiger partial charge >= 0.3 is 0 Å². The van der Waals surface area contributed by atoms with Crippen LogP contribution in [0, 0.1) is 6.92 Å². The molecular formula is C7H11BrN2. The first-order chi connectivity index (χ1) is 4.61. The van der Waals surface area contributed by atoms with Gasteiger partial charge in [0.2, 0.25) is 0 Å². The molecule has 1 N–H and O–H groups in total. The number of rotatable bonds is 1. The summed E-state index contributed by atoms with van der Waals surface area (Å²) in [6.45, 7) is 6.23. The van der Waals surface area contributed by atoms with Crippen molar-refractivity contribution in [3.63, 3.8) is 0 Å². The summed E-state index contributed by atoms with van der Waals surface area (Å²) < 4.78 is 0.944. The Hall–Kier alpha value is -0.310. The Morgan fingerprint density at radius 2 is 2.10 bits per heavy atom. The highest BCUT2D eigenvalue weighted by molar-refractivity contribution is 9.10. The van der Waals surface area contributed by atoms with Crippen molar-refractivity contribution in [1.29, 1.82) is 0 Å². The minimum Gasteiger partial charge on any atom is -0.345 e. The average molecular weight is 203 g/mol. The van der Waals surface area contributed by atoms with E-state index in [0.717, 1.165) is 10.4 Å². The first kappa shape index (κ1) is 7.79. The number of aryl methyl sites for hydroxylation is 1. The van der Waals surface area contributed by atoms with Crippen LogP contribution in [0.5, 0.6) is 0 Å². The van der Waals surface area contributed by atoms with Crippen LogP contribution in [-0.2, 0) is 0 Å². The van der Waals surface area contributed by atoms with Gasteiger partial charge in [0.15, 0.2) is 0 Å². The topological polar surface area (TPSA) is 28.7 Å². The normalized spacial score (nSPS) is 10.9. The van der Waals surface area contributed by atoms with Gasteiger partial charge in [0.25, 0.3) is 0 Å². The molecule has 0 radical (unpaired) electrons. The second-order valence-electron chi connectivity index (χ2n) is 2.68. The number of hydrogen-bond donors (Lipinski definition) is 1. The molecule has 0 fully saturated rings. The molecular weight excluding hydrogens is 192 g/mol. The summed E-state index contributed by atoms with van der Waals surface area (Å²) >= 11 is 3.38. The Balaban J connectivity index is 3.03. The predicted molar refractivity (Wildman–Crippen MR) is 45.1 cm³/mol. The zero-order chi connectivity index (χ0) is 7.72. The molecule has 0 unspecified atom stereocenters. The summed E-state index contributed by atoms with van der Waals surface area (Å²) in [7, 11) is 0. The van der Waals surface area contributed by atoms with E-state index < -0.39 is 0 Å². The van der Waals surface area contributed by atoms with Crippen LogP contribution < -0.4 is 0 Å². The van der Waals surface area contributed by atoms with Gasteiger partial charge in [-0.2, -0.15) is 0 Å². The van der Waals surface area contributed by atoms with Crippen molar-refractivity contribution in [2.24, 2.45) is 0 Å². The Morgan fingerprint density at radius 1 is 1.50 bits per heavy atom. The minimum absolute atomic E-state index is 0.510. The van der Waals surface area contributed by atoms with E-state index in [2.05, 4.69) is 39.7 Å². The predicted octanol–water partition coefficient (Wildman–Crippen LogP) is 2.60. The highest BCUT2D eigenvalue weighted by atomic mass is 79.9. The fraction of sp³-hybridized carbons (Fsp3) is 0.571. The molecule has 0 aliphatic rings. The molecule has 0 aromatic carbocycles. The molecule has 10 heavy (non-hydrogen) atoms. The molecule has 0 amide bonds. The fourth-order valence-electron chi connectivity index (χ4n) is 0.864. The maximum absolute atomic E-state index is 4.19. The summed E-state index contributed by atoms with van der Waals surface area (Å²) in [5.41, 5.74) is 1.18. The molecule has 0 bridgehead atoms. The first-order valence-electron chi connectivity index (χ1n) is 3.33. The van der Waals surface area contributed by atoms with E-state index in [1.165, 1.54) is 5.69 Å². The smallest absolute Gasteiger partial charge is 0.127 e. The molecule has 1 rings (SSSR count). The summed E-state index contributed by atoms with van der Waals surface area (Å²) in [4.78, 5) is 7.38. The molecule has 0 spiro atoms. The van der Waals surface area contributed by atoms with Crippen molar-refractivity contribution >= 4 is 15.9 Å². The molecule has 0 saturated carbocycles. The van der Waals surface area contributed by atoms with Crippen LogP contribution >= 0.6 is 15.9 Å². The van der Waals surface area contributed by atoms with Crippen LogP contribution in [0.25, 0.3) is 0 Å². The molecule has 0 atom stereocenters. The van der Waals surface area contributed by atoms with E-state index in [1.54, 1.807) is 0 Å². The quantitative estimate of drug-likeness (QED) is 0.746. The van der Waals surface area contributed by atoms with Gasteiger partial charge in [0.1, 0.15) is 10.4 Å². The van der Waals surface area contributed by atoms with Gasteiger partial charge in [-0.15, -0.1) is 0 Å². The van der Waals surface area contributed by atoms with Gasteiger partial charge in [-0.1, -0.05) is 13.8 Å². The Bertz CT molecular complexity index is 228. The Labute approximate surface area is 69.2 Å². The molecule has 0 saturated heterocycles. The van der Waals surface area contributed by atoms with Crippen molar-refractivity contribution in [3.8, 4) is 0 Å². The second kappa shape index (κ2) is 2.74. The van der Waals surface area contributed by atoms with Crippen LogP contribution in [0.1, 0.15) is 31.3 Å². The van der Waals surface area contributed by atoms with Crippen molar-refractivity contribution in [2.75, 3.05) is 0 Å². The summed E-state index contributed by atoms with van der Waals surface area (Å²) in [6, 6.07) is 0. The number of halogens is 1. The van der Waals surface area contributed by atoms with Crippen LogP contribution in [0.2, 0.25) is 0 Å². The van der Waals surface area contributed by atoms with E-state index >= 15 is 0 Å². The lowest BCUT2D eigenvalue weighted by molar-refractivity contribution is 0.823. The second-order valence-corrected chi connectivity index (χ2v) is 3.43. The van der Waals surface area contributed by atoms with Crippen LogP contribution in [0.15, 0.2) is 4.60 Å². The van der Waals surface area contributed by atoms with Gasteiger partial charge in [0.05, 0.1) is 5.69 Å². The van der Waals surface area contributed by atoms with E-state index in [4.69, 9.17) is 0 Å². The number of hydrogen-bond acceptors (Lipinski definition) is 1. The standard InChI is InChI=1S/C7H11BrN2/c1-4(2)6-7(8)10-5(3)9-6/h4H,1-3H3,(H,9,10). The number of H-pyrrole nitrogens is 1. The van der Waals surface area contributed by atoms with E-state index in [1.807, 2.05) is 6.92 Å². The third-order valence-corrected chi connectivity index (χ3v) is 1.99. The van der Waals surface area contributed by atoms with E-state index in [-0.39, 0.29) is 0 Å².